The minimum Gasteiger partial charge on any atom is -1.00 e. The number of carbonyl (C=O) groups is 1. The third kappa shape index (κ3) is 1080. The van der Waals surface area contributed by atoms with Crippen LogP contribution in [0.4, 0.5) is 9.50 Å². The molecule has 3 nitrogen and oxygen atoms in total. The number of hydrogen-bond acceptors (Lipinski definition) is 1. The van der Waals surface area contributed by atoms with E-state index in [1.54, 1.807) is 0 Å². The van der Waals surface area contributed by atoms with Gasteiger partial charge >= 0.3 is 35.7 Å². The summed E-state index contributed by atoms with van der Waals surface area (Å²) in [4.78, 5) is 8.56. The molecule has 0 atom stereocenters. The van der Waals surface area contributed by atoms with Crippen molar-refractivity contribution in [3.8, 4) is 0 Å². The molecule has 0 aromatic rings. The van der Waals surface area contributed by atoms with Gasteiger partial charge in [-0.3, -0.25) is 4.70 Å². The minimum absolute atomic E-state index is 0. The molecule has 2 N–H and O–H groups in total. The third-order valence-electron chi connectivity index (χ3n) is 0. The summed E-state index contributed by atoms with van der Waals surface area (Å²) in [6, 6.07) is 0. The van der Waals surface area contributed by atoms with Crippen LogP contribution >= 0.6 is 0 Å². The van der Waals surface area contributed by atoms with Crippen LogP contribution in [0.25, 0.3) is 0 Å². The molecule has 0 amide bonds. The molecule has 0 aromatic heterocycles. The quantitative estimate of drug-likeness (QED) is 0.335. The van der Waals surface area contributed by atoms with Crippen molar-refractivity contribution >= 4 is 6.16 Å². The summed E-state index contributed by atoms with van der Waals surface area (Å²) in [5.74, 6) is 0. The Morgan fingerprint density at radius 1 is 1.50 bits per heavy atom. The average Bonchev–Trinajstić information content (AvgIpc) is 0.811. The molecule has 0 bridgehead atoms. The monoisotopic (exact) mass is 106 g/mol. The van der Waals surface area contributed by atoms with Crippen LogP contribution in [0.15, 0.2) is 0 Å². The summed E-state index contributed by atoms with van der Waals surface area (Å²) in [6.45, 7) is 0. The zero-order valence-electron chi connectivity index (χ0n) is 4.21. The van der Waals surface area contributed by atoms with Gasteiger partial charge < -0.3 is 11.6 Å². The molecule has 0 unspecified atom stereocenters. The van der Waals surface area contributed by atoms with Gasteiger partial charge in [0.15, 0.2) is 0 Å². The summed E-state index contributed by atoms with van der Waals surface area (Å²) < 4.78 is 0. The van der Waals surface area contributed by atoms with Gasteiger partial charge in [0, 0.05) is 0 Å². The van der Waals surface area contributed by atoms with Crippen molar-refractivity contribution in [3.05, 3.63) is 0 Å². The maximum absolute atomic E-state index is 8.56. The van der Waals surface area contributed by atoms with Crippen LogP contribution in [0.3, 0.4) is 0 Å². The fourth-order valence-electron chi connectivity index (χ4n) is 0. The van der Waals surface area contributed by atoms with E-state index in [9.17, 15) is 0 Å². The Morgan fingerprint density at radius 3 is 1.50 bits per heavy atom. The maximum atomic E-state index is 8.56. The van der Waals surface area contributed by atoms with Crippen LogP contribution < -0.4 is 29.6 Å². The normalized spacial score (nSPS) is 4.00. The SMILES string of the molecule is F.O=C(O)O.[H-].[Na+]. The molecular formula is CH4FNaO3. The Morgan fingerprint density at radius 2 is 1.50 bits per heavy atom. The standard InChI is InChI=1S/CH2O3.FH.Na.H/c2-1(3)4;;;/h(H2,2,3,4);1H;;/q;;+1;-1. The predicted molar refractivity (Wildman–Crippen MR) is 14.3 cm³/mol. The van der Waals surface area contributed by atoms with E-state index in [0.717, 1.165) is 0 Å². The maximum Gasteiger partial charge on any atom is 1.00 e. The van der Waals surface area contributed by atoms with E-state index in [2.05, 4.69) is 0 Å². The molecule has 0 saturated carbocycles. The number of halogens is 1. The van der Waals surface area contributed by atoms with Crippen LogP contribution in [-0.2, 0) is 0 Å². The molecule has 0 aliphatic heterocycles. The number of rotatable bonds is 0. The summed E-state index contributed by atoms with van der Waals surface area (Å²) >= 11 is 0. The Balaban J connectivity index is -0.0000000150. The second kappa shape index (κ2) is 8.96. The largest absolute Gasteiger partial charge is 1.00 e. The van der Waals surface area contributed by atoms with Gasteiger partial charge in [0.2, 0.25) is 0 Å². The summed E-state index contributed by atoms with van der Waals surface area (Å²) in [7, 11) is 0. The summed E-state index contributed by atoms with van der Waals surface area (Å²) in [6.07, 6.45) is -1.83. The number of carboxylic acid groups (broad SMARTS) is 2. The van der Waals surface area contributed by atoms with E-state index in [1.165, 1.54) is 0 Å². The molecule has 0 rings (SSSR count). The molecule has 0 radical (unpaired) electrons. The van der Waals surface area contributed by atoms with Crippen molar-refractivity contribution in [3.63, 3.8) is 0 Å². The van der Waals surface area contributed by atoms with Gasteiger partial charge in [-0.25, -0.2) is 4.79 Å². The van der Waals surface area contributed by atoms with Crippen molar-refractivity contribution in [2.45, 2.75) is 0 Å². The Bertz CT molecular complexity index is 37.9. The topological polar surface area (TPSA) is 57.5 Å². The molecule has 0 aromatic carbocycles. The molecule has 0 spiro atoms. The minimum atomic E-state index is -1.83. The van der Waals surface area contributed by atoms with Crippen molar-refractivity contribution in [2.75, 3.05) is 0 Å². The van der Waals surface area contributed by atoms with Gasteiger partial charge in [-0.2, -0.15) is 0 Å². The van der Waals surface area contributed by atoms with Crippen molar-refractivity contribution in [1.82, 2.24) is 0 Å². The fourth-order valence-corrected chi connectivity index (χ4v) is 0. The first-order valence-corrected chi connectivity index (χ1v) is 0.651. The van der Waals surface area contributed by atoms with Crippen LogP contribution in [0, 0.1) is 0 Å². The van der Waals surface area contributed by atoms with Crippen molar-refractivity contribution in [2.24, 2.45) is 0 Å². The second-order valence-corrected chi connectivity index (χ2v) is 0.283. The van der Waals surface area contributed by atoms with Crippen LogP contribution in [-0.4, -0.2) is 16.4 Å². The fraction of sp³-hybridized carbons (Fsp3) is 0. The molecule has 0 heterocycles. The first kappa shape index (κ1) is 16.4. The molecule has 6 heavy (non-hydrogen) atoms. The van der Waals surface area contributed by atoms with Gasteiger partial charge in [-0.15, -0.1) is 0 Å². The van der Waals surface area contributed by atoms with Crippen LogP contribution in [0.1, 0.15) is 1.43 Å². The Labute approximate surface area is 57.1 Å². The van der Waals surface area contributed by atoms with E-state index < -0.39 is 6.16 Å². The van der Waals surface area contributed by atoms with Gasteiger partial charge in [0.05, 0.1) is 0 Å². The smallest absolute Gasteiger partial charge is 1.00 e. The van der Waals surface area contributed by atoms with E-state index in [0.29, 0.717) is 0 Å². The first-order chi connectivity index (χ1) is 1.73. The first-order valence-electron chi connectivity index (χ1n) is 0.651. The van der Waals surface area contributed by atoms with E-state index in [-0.39, 0.29) is 35.7 Å². The predicted octanol–water partition coefficient (Wildman–Crippen LogP) is -2.51. The Kier molecular flexibility index (Phi) is 24.4. The molecule has 0 aliphatic carbocycles. The van der Waals surface area contributed by atoms with Gasteiger partial charge in [0.1, 0.15) is 0 Å². The zero-order chi connectivity index (χ0) is 3.58. The van der Waals surface area contributed by atoms with Gasteiger partial charge in [0.25, 0.3) is 0 Å². The molecule has 34 valence electrons. The summed E-state index contributed by atoms with van der Waals surface area (Å²) in [5, 5.41) is 13.9. The van der Waals surface area contributed by atoms with Crippen molar-refractivity contribution in [1.29, 1.82) is 0 Å². The van der Waals surface area contributed by atoms with Gasteiger partial charge in [-0.1, -0.05) is 0 Å². The van der Waals surface area contributed by atoms with Crippen LogP contribution in [0.2, 0.25) is 0 Å². The molecule has 5 heteroatoms. The van der Waals surface area contributed by atoms with E-state index in [4.69, 9.17) is 15.0 Å². The number of hydrogen-bond donors (Lipinski definition) is 2. The van der Waals surface area contributed by atoms with E-state index in [1.807, 2.05) is 0 Å². The molecule has 0 aliphatic rings. The molecule has 0 fully saturated rings. The van der Waals surface area contributed by atoms with Crippen molar-refractivity contribution < 1.29 is 50.7 Å². The third-order valence-corrected chi connectivity index (χ3v) is 0. The Hall–Kier alpha value is 0.200. The zero-order valence-corrected chi connectivity index (χ0v) is 5.21. The average molecular weight is 106 g/mol. The van der Waals surface area contributed by atoms with Crippen LogP contribution in [0.5, 0.6) is 0 Å². The van der Waals surface area contributed by atoms with Gasteiger partial charge in [-0.05, 0) is 0 Å². The molecule has 0 saturated heterocycles. The van der Waals surface area contributed by atoms with E-state index >= 15 is 0 Å². The molecular weight excluding hydrogens is 102 g/mol. The summed E-state index contributed by atoms with van der Waals surface area (Å²) in [5.41, 5.74) is 0. The second-order valence-electron chi connectivity index (χ2n) is 0.283.